The average Bonchev–Trinajstić information content (AvgIpc) is 2.85. The summed E-state index contributed by atoms with van der Waals surface area (Å²) in [5.41, 5.74) is 1.73. The van der Waals surface area contributed by atoms with Gasteiger partial charge in [0.15, 0.2) is 0 Å². The van der Waals surface area contributed by atoms with Gasteiger partial charge in [0.1, 0.15) is 12.7 Å². The number of unbranched alkanes of at least 4 members (excludes halogenated alkanes) is 6. The number of carbonyl (C=O) groups excluding carboxylic acids is 1. The molecule has 0 spiro atoms. The second kappa shape index (κ2) is 13.4. The number of hydrogen-bond acceptors (Lipinski definition) is 4. The number of amides is 1. The minimum absolute atomic E-state index is 0.174. The van der Waals surface area contributed by atoms with Gasteiger partial charge < -0.3 is 14.9 Å². The highest BCUT2D eigenvalue weighted by molar-refractivity contribution is 5.69. The van der Waals surface area contributed by atoms with Crippen molar-refractivity contribution in [1.29, 1.82) is 0 Å². The molecule has 180 valence electrons. The van der Waals surface area contributed by atoms with Gasteiger partial charge in [-0.1, -0.05) is 113 Å². The largest absolute Gasteiger partial charge is 0.445 e. The SMILES string of the molecule is CCCCCCCCC[C@@H]1C[C@H](O)[C@H](O)[C@H](c2ccccc2)N1C(=O)OCc1ccccc1. The second-order valence-electron chi connectivity index (χ2n) is 9.16. The van der Waals surface area contributed by atoms with E-state index in [-0.39, 0.29) is 12.6 Å². The van der Waals surface area contributed by atoms with E-state index in [2.05, 4.69) is 6.92 Å². The zero-order valence-electron chi connectivity index (χ0n) is 19.8. The van der Waals surface area contributed by atoms with E-state index in [1.54, 1.807) is 4.90 Å². The molecule has 0 aliphatic carbocycles. The lowest BCUT2D eigenvalue weighted by Crippen LogP contribution is -2.56. The lowest BCUT2D eigenvalue weighted by Gasteiger charge is -2.46. The summed E-state index contributed by atoms with van der Waals surface area (Å²) in [5, 5.41) is 21.6. The Kier molecular flexibility index (Phi) is 10.2. The van der Waals surface area contributed by atoms with Crippen molar-refractivity contribution in [2.75, 3.05) is 0 Å². The molecule has 0 radical (unpaired) electrons. The van der Waals surface area contributed by atoms with Gasteiger partial charge in [-0.15, -0.1) is 0 Å². The van der Waals surface area contributed by atoms with Crippen LogP contribution in [-0.4, -0.2) is 39.5 Å². The highest BCUT2D eigenvalue weighted by atomic mass is 16.6. The molecule has 2 aromatic carbocycles. The number of hydrogen-bond donors (Lipinski definition) is 2. The molecule has 0 unspecified atom stereocenters. The molecule has 1 amide bonds. The molecule has 2 aromatic rings. The van der Waals surface area contributed by atoms with Crippen molar-refractivity contribution < 1.29 is 19.7 Å². The van der Waals surface area contributed by atoms with E-state index in [1.807, 2.05) is 60.7 Å². The molecule has 1 aliphatic heterocycles. The average molecular weight is 454 g/mol. The Labute approximate surface area is 198 Å². The molecule has 0 saturated carbocycles. The molecule has 1 fully saturated rings. The molecule has 33 heavy (non-hydrogen) atoms. The maximum atomic E-state index is 13.3. The lowest BCUT2D eigenvalue weighted by atomic mass is 9.85. The predicted octanol–water partition coefficient (Wildman–Crippen LogP) is 6.00. The Balaban J connectivity index is 1.71. The van der Waals surface area contributed by atoms with Crippen molar-refractivity contribution in [3.05, 3.63) is 71.8 Å². The molecule has 2 N–H and O–H groups in total. The minimum Gasteiger partial charge on any atom is -0.445 e. The van der Waals surface area contributed by atoms with E-state index in [0.717, 1.165) is 30.4 Å². The summed E-state index contributed by atoms with van der Waals surface area (Å²) in [7, 11) is 0. The Morgan fingerprint density at radius 2 is 1.52 bits per heavy atom. The fourth-order valence-corrected chi connectivity index (χ4v) is 4.79. The number of likely N-dealkylation sites (tertiary alicyclic amines) is 1. The topological polar surface area (TPSA) is 70.0 Å². The highest BCUT2D eigenvalue weighted by Crippen LogP contribution is 2.37. The monoisotopic (exact) mass is 453 g/mol. The first-order valence-corrected chi connectivity index (χ1v) is 12.5. The van der Waals surface area contributed by atoms with E-state index < -0.39 is 24.3 Å². The minimum atomic E-state index is -1.05. The first-order chi connectivity index (χ1) is 16.1. The molecular formula is C28H39NO4. The van der Waals surface area contributed by atoms with Gasteiger partial charge in [-0.25, -0.2) is 4.79 Å². The molecule has 1 aliphatic rings. The summed E-state index contributed by atoms with van der Waals surface area (Å²) in [6.45, 7) is 2.40. The molecule has 5 nitrogen and oxygen atoms in total. The quantitative estimate of drug-likeness (QED) is 0.409. The van der Waals surface area contributed by atoms with Crippen molar-refractivity contribution in [3.8, 4) is 0 Å². The molecule has 4 atom stereocenters. The van der Waals surface area contributed by atoms with Crippen molar-refractivity contribution >= 4 is 6.09 Å². The van der Waals surface area contributed by atoms with Crippen LogP contribution in [0.2, 0.25) is 0 Å². The number of benzene rings is 2. The summed E-state index contributed by atoms with van der Waals surface area (Å²) >= 11 is 0. The number of nitrogens with zero attached hydrogens (tertiary/aromatic N) is 1. The van der Waals surface area contributed by atoms with E-state index in [0.29, 0.717) is 6.42 Å². The fourth-order valence-electron chi connectivity index (χ4n) is 4.79. The molecule has 3 rings (SSSR count). The first kappa shape index (κ1) is 25.3. The Hall–Kier alpha value is -2.37. The van der Waals surface area contributed by atoms with Crippen molar-refractivity contribution in [2.24, 2.45) is 0 Å². The third-order valence-corrected chi connectivity index (χ3v) is 6.62. The van der Waals surface area contributed by atoms with Crippen LogP contribution in [0.3, 0.4) is 0 Å². The van der Waals surface area contributed by atoms with E-state index in [4.69, 9.17) is 4.74 Å². The lowest BCUT2D eigenvalue weighted by molar-refractivity contribution is -0.0960. The number of ether oxygens (including phenoxy) is 1. The van der Waals surface area contributed by atoms with Crippen molar-refractivity contribution in [2.45, 2.75) is 95.6 Å². The van der Waals surface area contributed by atoms with Crippen LogP contribution in [0.25, 0.3) is 0 Å². The number of rotatable bonds is 11. The third-order valence-electron chi connectivity index (χ3n) is 6.62. The van der Waals surface area contributed by atoms with Crippen LogP contribution in [0.15, 0.2) is 60.7 Å². The molecule has 0 bridgehead atoms. The highest BCUT2D eigenvalue weighted by Gasteiger charge is 2.45. The molecule has 0 aromatic heterocycles. The van der Waals surface area contributed by atoms with Gasteiger partial charge in [-0.05, 0) is 24.0 Å². The standard InChI is InChI=1S/C28H39NO4/c1-2-3-4-5-6-7-14-19-24-20-25(30)27(31)26(23-17-12-9-13-18-23)29(24)28(32)33-21-22-15-10-8-11-16-22/h8-13,15-18,24-27,30-31H,2-7,14,19-21H2,1H3/t24-,25+,26+,27+/m1/s1. The van der Waals surface area contributed by atoms with Crippen LogP contribution in [0.1, 0.15) is 81.9 Å². The predicted molar refractivity (Wildman–Crippen MR) is 131 cm³/mol. The number of carbonyl (C=O) groups is 1. The molecule has 1 heterocycles. The van der Waals surface area contributed by atoms with Crippen LogP contribution < -0.4 is 0 Å². The number of aliphatic hydroxyl groups excluding tert-OH is 2. The normalized spacial score (nSPS) is 22.8. The first-order valence-electron chi connectivity index (χ1n) is 12.5. The van der Waals surface area contributed by atoms with E-state index >= 15 is 0 Å². The Bertz CT molecular complexity index is 813. The maximum Gasteiger partial charge on any atom is 0.410 e. The third kappa shape index (κ3) is 7.31. The summed E-state index contributed by atoms with van der Waals surface area (Å²) in [4.78, 5) is 15.0. The molecular weight excluding hydrogens is 414 g/mol. The van der Waals surface area contributed by atoms with Crippen LogP contribution in [0.4, 0.5) is 4.79 Å². The van der Waals surface area contributed by atoms with E-state index in [9.17, 15) is 15.0 Å². The van der Waals surface area contributed by atoms with Gasteiger partial charge in [-0.2, -0.15) is 0 Å². The Morgan fingerprint density at radius 3 is 2.18 bits per heavy atom. The van der Waals surface area contributed by atoms with Crippen LogP contribution >= 0.6 is 0 Å². The van der Waals surface area contributed by atoms with Crippen molar-refractivity contribution in [3.63, 3.8) is 0 Å². The smallest absolute Gasteiger partial charge is 0.410 e. The van der Waals surface area contributed by atoms with Gasteiger partial charge in [0, 0.05) is 6.04 Å². The molecule has 5 heteroatoms. The van der Waals surface area contributed by atoms with E-state index in [1.165, 1.54) is 32.1 Å². The van der Waals surface area contributed by atoms with Gasteiger partial charge in [-0.3, -0.25) is 4.90 Å². The van der Waals surface area contributed by atoms with Crippen LogP contribution in [0.5, 0.6) is 0 Å². The summed E-state index contributed by atoms with van der Waals surface area (Å²) in [6, 6.07) is 18.3. The summed E-state index contributed by atoms with van der Waals surface area (Å²) in [5.74, 6) is 0. The fraction of sp³-hybridized carbons (Fsp3) is 0.536. The summed E-state index contributed by atoms with van der Waals surface area (Å²) < 4.78 is 5.70. The molecule has 1 saturated heterocycles. The van der Waals surface area contributed by atoms with Gasteiger partial charge in [0.2, 0.25) is 0 Å². The van der Waals surface area contributed by atoms with Gasteiger partial charge >= 0.3 is 6.09 Å². The second-order valence-corrected chi connectivity index (χ2v) is 9.16. The number of aliphatic hydroxyl groups is 2. The zero-order valence-corrected chi connectivity index (χ0v) is 19.8. The van der Waals surface area contributed by atoms with Gasteiger partial charge in [0.05, 0.1) is 12.1 Å². The van der Waals surface area contributed by atoms with Gasteiger partial charge in [0.25, 0.3) is 0 Å². The van der Waals surface area contributed by atoms with Crippen molar-refractivity contribution in [1.82, 2.24) is 4.90 Å². The maximum absolute atomic E-state index is 13.3. The summed E-state index contributed by atoms with van der Waals surface area (Å²) in [6.07, 6.45) is 7.13. The Morgan fingerprint density at radius 1 is 0.909 bits per heavy atom. The van der Waals surface area contributed by atoms with Crippen LogP contribution in [0, 0.1) is 0 Å². The van der Waals surface area contributed by atoms with Crippen LogP contribution in [-0.2, 0) is 11.3 Å². The number of piperidine rings is 1. The zero-order chi connectivity index (χ0) is 23.5.